The van der Waals surface area contributed by atoms with Gasteiger partial charge in [0, 0.05) is 6.54 Å². The van der Waals surface area contributed by atoms with Crippen molar-refractivity contribution in [1.29, 1.82) is 0 Å². The van der Waals surface area contributed by atoms with E-state index in [1.54, 1.807) is 6.26 Å². The summed E-state index contributed by atoms with van der Waals surface area (Å²) in [6.07, 6.45) is 5.42. The third-order valence-electron chi connectivity index (χ3n) is 4.43. The molecule has 1 N–H and O–H groups in total. The molecule has 1 saturated heterocycles. The van der Waals surface area contributed by atoms with Crippen molar-refractivity contribution in [2.45, 2.75) is 25.8 Å². The van der Waals surface area contributed by atoms with E-state index in [1.165, 1.54) is 25.9 Å². The highest BCUT2D eigenvalue weighted by molar-refractivity contribution is 7.80. The highest BCUT2D eigenvalue weighted by Crippen LogP contribution is 2.21. The lowest BCUT2D eigenvalue weighted by Crippen LogP contribution is -2.36. The maximum absolute atomic E-state index is 6.24. The van der Waals surface area contributed by atoms with Crippen LogP contribution in [-0.2, 0) is 6.54 Å². The second-order valence-electron chi connectivity index (χ2n) is 6.31. The lowest BCUT2D eigenvalue weighted by molar-refractivity contribution is 0.298. The van der Waals surface area contributed by atoms with Crippen LogP contribution in [0.25, 0.3) is 0 Å². The van der Waals surface area contributed by atoms with E-state index < -0.39 is 0 Å². The minimum Gasteiger partial charge on any atom is -0.467 e. The summed E-state index contributed by atoms with van der Waals surface area (Å²) in [5, 5.41) is 4.61. The highest BCUT2D eigenvalue weighted by atomic mass is 35.5. The van der Waals surface area contributed by atoms with Crippen LogP contribution in [-0.4, -0.2) is 41.1 Å². The van der Waals surface area contributed by atoms with Crippen LogP contribution in [0.15, 0.2) is 47.1 Å². The number of benzene rings is 1. The zero-order valence-corrected chi connectivity index (χ0v) is 15.9. The monoisotopic (exact) mass is 377 g/mol. The van der Waals surface area contributed by atoms with Crippen LogP contribution in [0.2, 0.25) is 5.02 Å². The van der Waals surface area contributed by atoms with Gasteiger partial charge in [-0.1, -0.05) is 23.7 Å². The standard InChI is InChI=1S/C19H24ClN3OS/c20-17-8-1-2-9-18(17)21-19(25)23(15-16-7-5-14-24-16)13-6-12-22-10-3-4-11-22/h1-2,5,7-9,14H,3-4,6,10-13,15H2,(H,21,25). The van der Waals surface area contributed by atoms with Gasteiger partial charge in [-0.25, -0.2) is 0 Å². The molecule has 0 radical (unpaired) electrons. The van der Waals surface area contributed by atoms with Gasteiger partial charge < -0.3 is 19.5 Å². The van der Waals surface area contributed by atoms with Gasteiger partial charge in [0.1, 0.15) is 5.76 Å². The molecule has 0 aliphatic carbocycles. The fourth-order valence-electron chi connectivity index (χ4n) is 3.09. The molecule has 1 fully saturated rings. The van der Waals surface area contributed by atoms with Crippen molar-refractivity contribution < 1.29 is 4.42 Å². The van der Waals surface area contributed by atoms with E-state index in [9.17, 15) is 0 Å². The largest absolute Gasteiger partial charge is 0.467 e. The molecule has 3 rings (SSSR count). The maximum Gasteiger partial charge on any atom is 0.173 e. The van der Waals surface area contributed by atoms with Gasteiger partial charge in [-0.15, -0.1) is 0 Å². The summed E-state index contributed by atoms with van der Waals surface area (Å²) in [7, 11) is 0. The highest BCUT2D eigenvalue weighted by Gasteiger charge is 2.15. The minimum absolute atomic E-state index is 0.656. The number of nitrogens with one attached hydrogen (secondary N) is 1. The third-order valence-corrected chi connectivity index (χ3v) is 5.12. The molecule has 1 aliphatic heterocycles. The number of nitrogens with zero attached hydrogens (tertiary/aromatic N) is 2. The molecule has 134 valence electrons. The molecule has 0 amide bonds. The first-order valence-electron chi connectivity index (χ1n) is 8.77. The van der Waals surface area contributed by atoms with Crippen LogP contribution >= 0.6 is 23.8 Å². The van der Waals surface area contributed by atoms with Gasteiger partial charge in [-0.2, -0.15) is 0 Å². The van der Waals surface area contributed by atoms with Crippen molar-refractivity contribution in [3.63, 3.8) is 0 Å². The van der Waals surface area contributed by atoms with Gasteiger partial charge in [0.15, 0.2) is 5.11 Å². The van der Waals surface area contributed by atoms with Crippen LogP contribution in [0.3, 0.4) is 0 Å². The first kappa shape index (κ1) is 18.2. The van der Waals surface area contributed by atoms with E-state index in [4.69, 9.17) is 28.2 Å². The van der Waals surface area contributed by atoms with E-state index in [2.05, 4.69) is 15.1 Å². The number of para-hydroxylation sites is 1. The Kier molecular flexibility index (Phi) is 6.73. The molecule has 0 saturated carbocycles. The number of hydrogen-bond acceptors (Lipinski definition) is 3. The number of rotatable bonds is 7. The number of hydrogen-bond donors (Lipinski definition) is 1. The number of furan rings is 1. The zero-order valence-electron chi connectivity index (χ0n) is 14.3. The quantitative estimate of drug-likeness (QED) is 0.712. The predicted molar refractivity (Wildman–Crippen MR) is 107 cm³/mol. The van der Waals surface area contributed by atoms with Crippen LogP contribution in [0, 0.1) is 0 Å². The van der Waals surface area contributed by atoms with Gasteiger partial charge >= 0.3 is 0 Å². The molecule has 0 bridgehead atoms. The summed E-state index contributed by atoms with van der Waals surface area (Å²) < 4.78 is 5.50. The van der Waals surface area contributed by atoms with Crippen molar-refractivity contribution in [1.82, 2.24) is 9.80 Å². The Morgan fingerprint density at radius 3 is 2.72 bits per heavy atom. The Labute approximate surface area is 159 Å². The molecule has 0 atom stereocenters. The molecule has 0 unspecified atom stereocenters. The van der Waals surface area contributed by atoms with Gasteiger partial charge in [-0.05, 0) is 75.4 Å². The zero-order chi connectivity index (χ0) is 17.5. The fourth-order valence-corrected chi connectivity index (χ4v) is 3.54. The second kappa shape index (κ2) is 9.22. The summed E-state index contributed by atoms with van der Waals surface area (Å²) in [5.41, 5.74) is 0.832. The normalized spacial score (nSPS) is 14.6. The predicted octanol–water partition coefficient (Wildman–Crippen LogP) is 4.62. The summed E-state index contributed by atoms with van der Waals surface area (Å²) in [6, 6.07) is 11.5. The molecule has 1 aromatic heterocycles. The maximum atomic E-state index is 6.24. The molecule has 1 aliphatic rings. The Morgan fingerprint density at radius 2 is 2.00 bits per heavy atom. The van der Waals surface area contributed by atoms with Crippen LogP contribution in [0.1, 0.15) is 25.0 Å². The van der Waals surface area contributed by atoms with Crippen molar-refractivity contribution in [3.8, 4) is 0 Å². The van der Waals surface area contributed by atoms with Gasteiger partial charge in [0.05, 0.1) is 23.5 Å². The van der Waals surface area contributed by atoms with Crippen LogP contribution < -0.4 is 5.32 Å². The summed E-state index contributed by atoms with van der Waals surface area (Å²) >= 11 is 11.9. The third kappa shape index (κ3) is 5.46. The first-order valence-corrected chi connectivity index (χ1v) is 9.56. The Morgan fingerprint density at radius 1 is 1.20 bits per heavy atom. The van der Waals surface area contributed by atoms with E-state index in [0.717, 1.165) is 31.0 Å². The van der Waals surface area contributed by atoms with Crippen molar-refractivity contribution in [2.24, 2.45) is 0 Å². The van der Waals surface area contributed by atoms with E-state index in [1.807, 2.05) is 36.4 Å². The van der Waals surface area contributed by atoms with E-state index >= 15 is 0 Å². The Hall–Kier alpha value is -1.56. The van der Waals surface area contributed by atoms with E-state index in [0.29, 0.717) is 16.7 Å². The summed E-state index contributed by atoms with van der Waals surface area (Å²) in [6.45, 7) is 5.10. The average molecular weight is 378 g/mol. The SMILES string of the molecule is S=C(Nc1ccccc1Cl)N(CCCN1CCCC1)Cc1ccco1. The number of halogens is 1. The number of anilines is 1. The molecule has 4 nitrogen and oxygen atoms in total. The molecule has 0 spiro atoms. The Balaban J connectivity index is 1.60. The van der Waals surface area contributed by atoms with Gasteiger partial charge in [-0.3, -0.25) is 0 Å². The molecule has 25 heavy (non-hydrogen) atoms. The number of likely N-dealkylation sites (tertiary alicyclic amines) is 1. The summed E-state index contributed by atoms with van der Waals surface area (Å²) in [4.78, 5) is 4.67. The molecular weight excluding hydrogens is 354 g/mol. The van der Waals surface area contributed by atoms with Crippen molar-refractivity contribution >= 4 is 34.6 Å². The topological polar surface area (TPSA) is 31.6 Å². The van der Waals surface area contributed by atoms with Gasteiger partial charge in [0.25, 0.3) is 0 Å². The van der Waals surface area contributed by atoms with E-state index in [-0.39, 0.29) is 0 Å². The van der Waals surface area contributed by atoms with Crippen molar-refractivity contribution in [2.75, 3.05) is 31.5 Å². The molecule has 2 aromatic rings. The van der Waals surface area contributed by atoms with Crippen LogP contribution in [0.5, 0.6) is 0 Å². The molecule has 1 aromatic carbocycles. The molecular formula is C19H24ClN3OS. The molecule has 2 heterocycles. The Bertz CT molecular complexity index is 671. The fraction of sp³-hybridized carbons (Fsp3) is 0.421. The van der Waals surface area contributed by atoms with Gasteiger partial charge in [0.2, 0.25) is 0 Å². The minimum atomic E-state index is 0.656. The first-order chi connectivity index (χ1) is 12.2. The average Bonchev–Trinajstić information content (AvgIpc) is 3.29. The van der Waals surface area contributed by atoms with Crippen LogP contribution in [0.4, 0.5) is 5.69 Å². The smallest absolute Gasteiger partial charge is 0.173 e. The second-order valence-corrected chi connectivity index (χ2v) is 7.11. The summed E-state index contributed by atoms with van der Waals surface area (Å²) in [5.74, 6) is 0.907. The lowest BCUT2D eigenvalue weighted by atomic mass is 10.3. The molecule has 6 heteroatoms. The van der Waals surface area contributed by atoms with Crippen molar-refractivity contribution in [3.05, 3.63) is 53.4 Å². The lowest BCUT2D eigenvalue weighted by Gasteiger charge is -2.26. The number of thiocarbonyl (C=S) groups is 1.